The first-order valence-corrected chi connectivity index (χ1v) is 8.23. The second-order valence-electron chi connectivity index (χ2n) is 6.01. The Morgan fingerprint density at radius 1 is 1.13 bits per heavy atom. The summed E-state index contributed by atoms with van der Waals surface area (Å²) in [6.07, 6.45) is 1.55. The monoisotopic (exact) mass is 348 g/mol. The minimum Gasteiger partial charge on any atom is -0.324 e. The van der Waals surface area contributed by atoms with Crippen molar-refractivity contribution < 1.29 is 4.79 Å². The summed E-state index contributed by atoms with van der Waals surface area (Å²) in [7, 11) is 0. The van der Waals surface area contributed by atoms with Crippen LogP contribution in [0.25, 0.3) is 0 Å². The van der Waals surface area contributed by atoms with Gasteiger partial charge in [-0.3, -0.25) is 4.79 Å². The predicted molar refractivity (Wildman–Crippen MR) is 98.5 cm³/mol. The third kappa shape index (κ3) is 4.28. The van der Waals surface area contributed by atoms with Crippen LogP contribution >= 0.6 is 24.2 Å². The summed E-state index contributed by atoms with van der Waals surface area (Å²) < 4.78 is 0. The molecule has 23 heavy (non-hydrogen) atoms. The normalized spacial score (nSPS) is 14.7. The number of amides is 1. The number of hydrogen-bond acceptors (Lipinski definition) is 3. The summed E-state index contributed by atoms with van der Waals surface area (Å²) in [4.78, 5) is 14.3. The number of nitrogens with two attached hydrogens (primary N) is 1. The minimum atomic E-state index is -0.633. The summed E-state index contributed by atoms with van der Waals surface area (Å²) in [5.74, 6) is -0.0812. The molecule has 1 aliphatic rings. The van der Waals surface area contributed by atoms with Crippen molar-refractivity contribution in [1.29, 1.82) is 0 Å². The van der Waals surface area contributed by atoms with Gasteiger partial charge in [0.05, 0.1) is 5.54 Å². The maximum absolute atomic E-state index is 11.9. The molecule has 0 spiro atoms. The van der Waals surface area contributed by atoms with E-state index >= 15 is 0 Å². The number of hydrogen-bond donors (Lipinski definition) is 2. The molecule has 0 saturated heterocycles. The quantitative estimate of drug-likeness (QED) is 0.865. The average Bonchev–Trinajstić information content (AvgIpc) is 3.23. The van der Waals surface area contributed by atoms with Crippen molar-refractivity contribution in [3.8, 4) is 0 Å². The van der Waals surface area contributed by atoms with E-state index in [2.05, 4.69) is 37.4 Å². The number of benzene rings is 2. The fourth-order valence-electron chi connectivity index (χ4n) is 2.26. The molecule has 0 aromatic heterocycles. The van der Waals surface area contributed by atoms with Crippen LogP contribution < -0.4 is 11.1 Å². The van der Waals surface area contributed by atoms with Crippen LogP contribution in [0.4, 0.5) is 5.69 Å². The molecular weight excluding hydrogens is 328 g/mol. The molecular formula is C18H21ClN2OS. The van der Waals surface area contributed by atoms with Gasteiger partial charge in [-0.1, -0.05) is 29.5 Å². The fraction of sp³-hybridized carbons (Fsp3) is 0.278. The van der Waals surface area contributed by atoms with E-state index in [-0.39, 0.29) is 18.3 Å². The molecule has 0 heterocycles. The lowest BCUT2D eigenvalue weighted by atomic mass is 10.2. The number of nitrogens with one attached hydrogen (secondary N) is 1. The first kappa shape index (κ1) is 17.9. The smallest absolute Gasteiger partial charge is 0.244 e. The predicted octanol–water partition coefficient (Wildman–Crippen LogP) is 4.31. The average molecular weight is 349 g/mol. The molecule has 0 radical (unpaired) electrons. The van der Waals surface area contributed by atoms with Crippen LogP contribution in [0.3, 0.4) is 0 Å². The van der Waals surface area contributed by atoms with Gasteiger partial charge >= 0.3 is 0 Å². The Hall–Kier alpha value is -1.49. The lowest BCUT2D eigenvalue weighted by Gasteiger charge is -2.11. The van der Waals surface area contributed by atoms with Crippen molar-refractivity contribution in [3.05, 3.63) is 53.6 Å². The Morgan fingerprint density at radius 2 is 1.78 bits per heavy atom. The van der Waals surface area contributed by atoms with Crippen LogP contribution in [0.15, 0.2) is 52.3 Å². The molecule has 1 saturated carbocycles. The molecule has 0 bridgehead atoms. The Labute approximate surface area is 147 Å². The van der Waals surface area contributed by atoms with Gasteiger partial charge < -0.3 is 11.1 Å². The Balaban J connectivity index is 0.00000192. The fourth-order valence-corrected chi connectivity index (χ4v) is 3.15. The van der Waals surface area contributed by atoms with E-state index in [0.29, 0.717) is 0 Å². The number of carbonyl (C=O) groups is 1. The summed E-state index contributed by atoms with van der Waals surface area (Å²) in [6, 6.07) is 14.4. The highest BCUT2D eigenvalue weighted by atomic mass is 35.5. The zero-order valence-electron chi connectivity index (χ0n) is 13.3. The van der Waals surface area contributed by atoms with Gasteiger partial charge in [0.1, 0.15) is 0 Å². The molecule has 3 rings (SSSR count). The standard InChI is InChI=1S/C18H20N2OS.ClH/c1-12-3-8-16(13(2)11-12)22-15-6-4-14(5-7-15)20-17(21)18(19)9-10-18;/h3-8,11H,9-10,19H2,1-2H3,(H,20,21);1H. The summed E-state index contributed by atoms with van der Waals surface area (Å²) in [5, 5.41) is 2.88. The molecule has 3 nitrogen and oxygen atoms in total. The van der Waals surface area contributed by atoms with E-state index in [1.54, 1.807) is 11.8 Å². The number of rotatable bonds is 4. The highest BCUT2D eigenvalue weighted by Crippen LogP contribution is 2.34. The van der Waals surface area contributed by atoms with Gasteiger partial charge in [0.25, 0.3) is 0 Å². The summed E-state index contributed by atoms with van der Waals surface area (Å²) in [6.45, 7) is 4.23. The molecule has 0 atom stereocenters. The topological polar surface area (TPSA) is 55.1 Å². The van der Waals surface area contributed by atoms with E-state index in [1.807, 2.05) is 24.3 Å². The molecule has 1 aliphatic carbocycles. The number of carbonyl (C=O) groups excluding carboxylic acids is 1. The van der Waals surface area contributed by atoms with Crippen LogP contribution in [0.5, 0.6) is 0 Å². The Bertz CT molecular complexity index is 711. The third-order valence-corrected chi connectivity index (χ3v) is 5.10. The van der Waals surface area contributed by atoms with Gasteiger partial charge in [0, 0.05) is 15.5 Å². The van der Waals surface area contributed by atoms with Gasteiger partial charge in [-0.25, -0.2) is 0 Å². The van der Waals surface area contributed by atoms with Crippen LogP contribution in [-0.4, -0.2) is 11.4 Å². The van der Waals surface area contributed by atoms with Gasteiger partial charge in [0.15, 0.2) is 0 Å². The van der Waals surface area contributed by atoms with Crippen LogP contribution in [0.1, 0.15) is 24.0 Å². The van der Waals surface area contributed by atoms with Gasteiger partial charge in [0.2, 0.25) is 5.91 Å². The van der Waals surface area contributed by atoms with Crippen molar-refractivity contribution in [1.82, 2.24) is 0 Å². The number of anilines is 1. The second-order valence-corrected chi connectivity index (χ2v) is 7.12. The molecule has 5 heteroatoms. The SMILES string of the molecule is Cc1ccc(Sc2ccc(NC(=O)C3(N)CC3)cc2)c(C)c1.Cl. The number of halogens is 1. The molecule has 0 aliphatic heterocycles. The Morgan fingerprint density at radius 3 is 2.35 bits per heavy atom. The third-order valence-electron chi connectivity index (χ3n) is 3.91. The van der Waals surface area contributed by atoms with Gasteiger partial charge in [-0.15, -0.1) is 12.4 Å². The van der Waals surface area contributed by atoms with E-state index in [9.17, 15) is 4.79 Å². The highest BCUT2D eigenvalue weighted by molar-refractivity contribution is 7.99. The largest absolute Gasteiger partial charge is 0.324 e. The molecule has 1 fully saturated rings. The number of aryl methyl sites for hydroxylation is 2. The zero-order valence-corrected chi connectivity index (χ0v) is 14.9. The maximum atomic E-state index is 11.9. The summed E-state index contributed by atoms with van der Waals surface area (Å²) in [5.41, 5.74) is 8.60. The van der Waals surface area contributed by atoms with Gasteiger partial charge in [-0.05, 0) is 62.6 Å². The van der Waals surface area contributed by atoms with E-state index in [1.165, 1.54) is 16.0 Å². The molecule has 122 valence electrons. The van der Waals surface area contributed by atoms with Crippen molar-refractivity contribution >= 4 is 35.8 Å². The Kier molecular flexibility index (Phi) is 5.40. The molecule has 0 unspecified atom stereocenters. The first-order valence-electron chi connectivity index (χ1n) is 7.42. The maximum Gasteiger partial charge on any atom is 0.244 e. The highest BCUT2D eigenvalue weighted by Gasteiger charge is 2.45. The van der Waals surface area contributed by atoms with Crippen molar-refractivity contribution in [2.45, 2.75) is 42.0 Å². The zero-order chi connectivity index (χ0) is 15.7. The van der Waals surface area contributed by atoms with Crippen LogP contribution in [0, 0.1) is 13.8 Å². The molecule has 2 aromatic carbocycles. The van der Waals surface area contributed by atoms with Crippen molar-refractivity contribution in [2.75, 3.05) is 5.32 Å². The van der Waals surface area contributed by atoms with E-state index in [0.717, 1.165) is 23.4 Å². The second kappa shape index (κ2) is 6.95. The van der Waals surface area contributed by atoms with Gasteiger partial charge in [-0.2, -0.15) is 0 Å². The van der Waals surface area contributed by atoms with E-state index < -0.39 is 5.54 Å². The van der Waals surface area contributed by atoms with Crippen molar-refractivity contribution in [3.63, 3.8) is 0 Å². The first-order chi connectivity index (χ1) is 10.5. The van der Waals surface area contributed by atoms with E-state index in [4.69, 9.17) is 5.73 Å². The van der Waals surface area contributed by atoms with Crippen LogP contribution in [-0.2, 0) is 4.79 Å². The summed E-state index contributed by atoms with van der Waals surface area (Å²) >= 11 is 1.73. The minimum absolute atomic E-state index is 0. The molecule has 3 N–H and O–H groups in total. The lowest BCUT2D eigenvalue weighted by molar-refractivity contribution is -0.118. The van der Waals surface area contributed by atoms with Crippen LogP contribution in [0.2, 0.25) is 0 Å². The molecule has 2 aromatic rings. The molecule has 1 amide bonds. The lowest BCUT2D eigenvalue weighted by Crippen LogP contribution is -2.37. The van der Waals surface area contributed by atoms with Crippen molar-refractivity contribution in [2.24, 2.45) is 5.73 Å².